The Kier molecular flexibility index (Phi) is 3.96. The quantitative estimate of drug-likeness (QED) is 0.829. The van der Waals surface area contributed by atoms with E-state index in [-0.39, 0.29) is 17.4 Å². The lowest BCUT2D eigenvalue weighted by Gasteiger charge is -2.19. The van der Waals surface area contributed by atoms with E-state index in [0.717, 1.165) is 0 Å². The Bertz CT molecular complexity index is 578. The van der Waals surface area contributed by atoms with Crippen molar-refractivity contribution in [3.05, 3.63) is 41.5 Å². The highest BCUT2D eigenvalue weighted by Gasteiger charge is 2.56. The van der Waals surface area contributed by atoms with Gasteiger partial charge < -0.3 is 5.32 Å². The number of carbonyl (C=O) groups is 1. The van der Waals surface area contributed by atoms with Crippen LogP contribution in [0.15, 0.2) is 41.5 Å². The highest BCUT2D eigenvalue weighted by molar-refractivity contribution is 8.15. The van der Waals surface area contributed by atoms with Gasteiger partial charge in [0, 0.05) is 5.69 Å². The number of carbonyl (C=O) groups excluding carboxylic acids is 1. The minimum Gasteiger partial charge on any atom is -0.369 e. The monoisotopic (exact) mass is 327 g/mol. The summed E-state index contributed by atoms with van der Waals surface area (Å²) < 4.78 is 76.8. The second-order valence-electron chi connectivity index (χ2n) is 4.08. The van der Waals surface area contributed by atoms with Gasteiger partial charge >= 0.3 is 12.4 Å². The minimum atomic E-state index is -5.35. The van der Waals surface area contributed by atoms with Gasteiger partial charge in [-0.25, -0.2) is 0 Å². The van der Waals surface area contributed by atoms with E-state index in [2.05, 4.69) is 5.32 Å². The van der Waals surface area contributed by atoms with E-state index < -0.39 is 34.0 Å². The van der Waals surface area contributed by atoms with Gasteiger partial charge in [-0.05, 0) is 12.1 Å². The summed E-state index contributed by atoms with van der Waals surface area (Å²) >= 11 is -0.0338. The molecule has 9 heteroatoms. The molecule has 0 spiro atoms. The number of benzene rings is 1. The maximum Gasteiger partial charge on any atom is 0.421 e. The zero-order valence-corrected chi connectivity index (χ0v) is 10.9. The normalized spacial score (nSPS) is 20.1. The molecule has 1 aliphatic heterocycles. The third-order valence-electron chi connectivity index (χ3n) is 2.62. The molecule has 1 aromatic rings. The van der Waals surface area contributed by atoms with Crippen LogP contribution in [-0.2, 0) is 4.79 Å². The van der Waals surface area contributed by atoms with Gasteiger partial charge in [-0.3, -0.25) is 4.79 Å². The highest BCUT2D eigenvalue weighted by atomic mass is 32.2. The van der Waals surface area contributed by atoms with Crippen molar-refractivity contribution in [2.75, 3.05) is 5.32 Å². The fourth-order valence-corrected chi connectivity index (χ4v) is 2.93. The third-order valence-corrected chi connectivity index (χ3v) is 3.63. The van der Waals surface area contributed by atoms with Crippen molar-refractivity contribution >= 4 is 22.6 Å². The average Bonchev–Trinajstić information content (AvgIpc) is 2.66. The predicted molar refractivity (Wildman–Crippen MR) is 65.6 cm³/mol. The fraction of sp³-hybridized carbons (Fsp3) is 0.250. The van der Waals surface area contributed by atoms with Crippen molar-refractivity contribution < 1.29 is 31.1 Å². The van der Waals surface area contributed by atoms with Crippen LogP contribution >= 0.6 is 11.8 Å². The van der Waals surface area contributed by atoms with Gasteiger partial charge in [-0.15, -0.1) is 0 Å². The smallest absolute Gasteiger partial charge is 0.369 e. The van der Waals surface area contributed by atoms with Crippen molar-refractivity contribution in [2.24, 2.45) is 0 Å². The minimum absolute atomic E-state index is 0.0338. The summed E-state index contributed by atoms with van der Waals surface area (Å²) in [5, 5.41) is -1.16. The van der Waals surface area contributed by atoms with E-state index >= 15 is 0 Å². The Morgan fingerprint density at radius 2 is 1.52 bits per heavy atom. The molecule has 0 saturated carbocycles. The van der Waals surface area contributed by atoms with Gasteiger partial charge in [-0.2, -0.15) is 26.3 Å². The second kappa shape index (κ2) is 5.28. The topological polar surface area (TPSA) is 29.1 Å². The Labute approximate surface area is 119 Å². The molecule has 0 amide bonds. The van der Waals surface area contributed by atoms with E-state index in [9.17, 15) is 31.1 Å². The van der Waals surface area contributed by atoms with Crippen LogP contribution < -0.4 is 5.32 Å². The van der Waals surface area contributed by atoms with Gasteiger partial charge in [0.15, 0.2) is 0 Å². The molecule has 0 aromatic heterocycles. The SMILES string of the molecule is O=C1SC(Nc2ccccc2)C(C(F)(F)F)=C1C(F)(F)F. The van der Waals surface area contributed by atoms with Gasteiger partial charge in [-0.1, -0.05) is 30.0 Å². The molecule has 2 rings (SSSR count). The summed E-state index contributed by atoms with van der Waals surface area (Å²) in [6.07, 6.45) is -10.6. The largest absolute Gasteiger partial charge is 0.421 e. The molecule has 1 heterocycles. The van der Waals surface area contributed by atoms with Crippen molar-refractivity contribution in [1.82, 2.24) is 0 Å². The number of nitrogens with one attached hydrogen (secondary N) is 1. The van der Waals surface area contributed by atoms with Crippen LogP contribution in [0.25, 0.3) is 0 Å². The van der Waals surface area contributed by atoms with Crippen LogP contribution in [0.4, 0.5) is 32.0 Å². The van der Waals surface area contributed by atoms with E-state index in [1.807, 2.05) is 0 Å². The highest BCUT2D eigenvalue weighted by Crippen LogP contribution is 2.48. The Morgan fingerprint density at radius 1 is 0.952 bits per heavy atom. The molecule has 21 heavy (non-hydrogen) atoms. The lowest BCUT2D eigenvalue weighted by Crippen LogP contribution is -2.29. The van der Waals surface area contributed by atoms with Crippen LogP contribution in [0.1, 0.15) is 0 Å². The number of hydrogen-bond donors (Lipinski definition) is 1. The molecular formula is C12H7F6NOS. The number of alkyl halides is 6. The lowest BCUT2D eigenvalue weighted by atomic mass is 10.1. The van der Waals surface area contributed by atoms with Gasteiger partial charge in [0.1, 0.15) is 10.9 Å². The van der Waals surface area contributed by atoms with Crippen molar-refractivity contribution in [3.8, 4) is 0 Å². The number of anilines is 1. The van der Waals surface area contributed by atoms with Crippen molar-refractivity contribution in [1.29, 1.82) is 0 Å². The maximum atomic E-state index is 12.9. The van der Waals surface area contributed by atoms with E-state index in [0.29, 0.717) is 0 Å². The van der Waals surface area contributed by atoms with Crippen LogP contribution in [0.5, 0.6) is 0 Å². The first kappa shape index (κ1) is 15.7. The van der Waals surface area contributed by atoms with Gasteiger partial charge in [0.25, 0.3) is 0 Å². The summed E-state index contributed by atoms with van der Waals surface area (Å²) in [6, 6.07) is 7.39. The number of rotatable bonds is 2. The molecule has 114 valence electrons. The molecule has 1 aromatic carbocycles. The second-order valence-corrected chi connectivity index (χ2v) is 5.16. The molecule has 0 aliphatic carbocycles. The zero-order valence-electron chi connectivity index (χ0n) is 10.0. The van der Waals surface area contributed by atoms with E-state index in [1.54, 1.807) is 6.07 Å². The zero-order chi connectivity index (χ0) is 15.8. The molecular weight excluding hydrogens is 320 g/mol. The van der Waals surface area contributed by atoms with E-state index in [4.69, 9.17) is 0 Å². The van der Waals surface area contributed by atoms with Crippen molar-refractivity contribution in [3.63, 3.8) is 0 Å². The lowest BCUT2D eigenvalue weighted by molar-refractivity contribution is -0.129. The fourth-order valence-electron chi connectivity index (χ4n) is 1.81. The number of hydrogen-bond acceptors (Lipinski definition) is 3. The first-order valence-electron chi connectivity index (χ1n) is 5.52. The van der Waals surface area contributed by atoms with Crippen LogP contribution in [-0.4, -0.2) is 22.8 Å². The molecule has 0 fully saturated rings. The molecule has 0 saturated heterocycles. The molecule has 2 nitrogen and oxygen atoms in total. The molecule has 0 radical (unpaired) electrons. The maximum absolute atomic E-state index is 12.9. The van der Waals surface area contributed by atoms with Crippen molar-refractivity contribution in [2.45, 2.75) is 17.7 Å². The van der Waals surface area contributed by atoms with Gasteiger partial charge in [0.05, 0.1) is 5.57 Å². The van der Waals surface area contributed by atoms with E-state index in [1.165, 1.54) is 24.3 Å². The van der Waals surface area contributed by atoms with Crippen LogP contribution in [0.3, 0.4) is 0 Å². The average molecular weight is 327 g/mol. The molecule has 1 N–H and O–H groups in total. The molecule has 1 aliphatic rings. The Hall–Kier alpha value is -1.64. The Balaban J connectivity index is 2.44. The molecule has 1 unspecified atom stereocenters. The predicted octanol–water partition coefficient (Wildman–Crippen LogP) is 4.12. The van der Waals surface area contributed by atoms with Gasteiger partial charge in [0.2, 0.25) is 5.12 Å². The standard InChI is InChI=1S/C12H7F6NOS/c13-11(14,15)7-8(12(16,17)18)10(20)21-9(7)19-6-4-2-1-3-5-6/h1-5,9,19H. The summed E-state index contributed by atoms with van der Waals surface area (Å²) in [7, 11) is 0. The summed E-state index contributed by atoms with van der Waals surface area (Å²) in [6.45, 7) is 0. The number of halogens is 6. The third kappa shape index (κ3) is 3.34. The first-order chi connectivity index (χ1) is 9.60. The Morgan fingerprint density at radius 3 is 2.00 bits per heavy atom. The molecule has 1 atom stereocenters. The summed E-state index contributed by atoms with van der Waals surface area (Å²) in [5.74, 6) is 0. The van der Waals surface area contributed by atoms with Crippen LogP contribution in [0.2, 0.25) is 0 Å². The number of thioether (sulfide) groups is 1. The van der Waals surface area contributed by atoms with Crippen LogP contribution in [0, 0.1) is 0 Å². The molecule has 0 bridgehead atoms. The number of para-hydroxylation sites is 1. The summed E-state index contributed by atoms with van der Waals surface area (Å²) in [5.41, 5.74) is -3.85. The first-order valence-corrected chi connectivity index (χ1v) is 6.40. The summed E-state index contributed by atoms with van der Waals surface area (Å²) in [4.78, 5) is 11.3.